The summed E-state index contributed by atoms with van der Waals surface area (Å²) in [6.07, 6.45) is 2.46. The molecule has 106 valence electrons. The SMILES string of the molecule is Clc1ccc2c(N3CCCC3)nc(-c3cccs3)nc2c1. The molecule has 0 amide bonds. The second-order valence-corrected chi connectivity index (χ2v) is 6.59. The van der Waals surface area contributed by atoms with Crippen LogP contribution in [0.25, 0.3) is 21.6 Å². The number of rotatable bonds is 2. The fourth-order valence-corrected chi connectivity index (χ4v) is 3.60. The van der Waals surface area contributed by atoms with E-state index >= 15 is 0 Å². The maximum atomic E-state index is 6.14. The third kappa shape index (κ3) is 2.39. The van der Waals surface area contributed by atoms with E-state index in [9.17, 15) is 0 Å². The molecule has 1 aromatic carbocycles. The molecule has 1 fully saturated rings. The van der Waals surface area contributed by atoms with Gasteiger partial charge in [-0.15, -0.1) is 11.3 Å². The second kappa shape index (κ2) is 5.28. The van der Waals surface area contributed by atoms with E-state index < -0.39 is 0 Å². The van der Waals surface area contributed by atoms with Gasteiger partial charge in [0, 0.05) is 23.5 Å². The summed E-state index contributed by atoms with van der Waals surface area (Å²) in [7, 11) is 0. The number of anilines is 1. The van der Waals surface area contributed by atoms with Crippen molar-refractivity contribution in [3.05, 3.63) is 40.7 Å². The number of halogens is 1. The van der Waals surface area contributed by atoms with Crippen molar-refractivity contribution in [2.75, 3.05) is 18.0 Å². The molecule has 0 aliphatic carbocycles. The molecule has 0 atom stereocenters. The Bertz CT molecular complexity index is 780. The Hall–Kier alpha value is -1.65. The number of hydrogen-bond acceptors (Lipinski definition) is 4. The van der Waals surface area contributed by atoms with Gasteiger partial charge in [0.2, 0.25) is 0 Å². The van der Waals surface area contributed by atoms with Crippen LogP contribution in [0.4, 0.5) is 5.82 Å². The molecule has 0 saturated carbocycles. The standard InChI is InChI=1S/C16H14ClN3S/c17-11-5-6-12-13(10-11)18-15(14-4-3-9-21-14)19-16(12)20-7-1-2-8-20/h3-6,9-10H,1-2,7-8H2. The van der Waals surface area contributed by atoms with E-state index in [1.807, 2.05) is 24.3 Å². The Balaban J connectivity index is 1.96. The van der Waals surface area contributed by atoms with Gasteiger partial charge < -0.3 is 4.90 Å². The van der Waals surface area contributed by atoms with E-state index in [1.165, 1.54) is 12.8 Å². The minimum atomic E-state index is 0.714. The number of aromatic nitrogens is 2. The summed E-state index contributed by atoms with van der Waals surface area (Å²) in [5, 5.41) is 3.85. The van der Waals surface area contributed by atoms with E-state index in [2.05, 4.69) is 16.3 Å². The Morgan fingerprint density at radius 1 is 1.10 bits per heavy atom. The van der Waals surface area contributed by atoms with Gasteiger partial charge in [0.25, 0.3) is 0 Å². The molecule has 1 aliphatic rings. The number of thiophene rings is 1. The van der Waals surface area contributed by atoms with Gasteiger partial charge in [0.1, 0.15) is 5.82 Å². The number of fused-ring (bicyclic) bond motifs is 1. The third-order valence-electron chi connectivity index (χ3n) is 3.79. The van der Waals surface area contributed by atoms with E-state index in [4.69, 9.17) is 21.6 Å². The van der Waals surface area contributed by atoms with Gasteiger partial charge in [0.15, 0.2) is 5.82 Å². The first-order valence-electron chi connectivity index (χ1n) is 7.07. The molecule has 0 unspecified atom stereocenters. The minimum absolute atomic E-state index is 0.714. The topological polar surface area (TPSA) is 29.0 Å². The maximum absolute atomic E-state index is 6.14. The summed E-state index contributed by atoms with van der Waals surface area (Å²) >= 11 is 7.80. The minimum Gasteiger partial charge on any atom is -0.356 e. The predicted molar refractivity (Wildman–Crippen MR) is 89.3 cm³/mol. The van der Waals surface area contributed by atoms with Crippen LogP contribution in [0.5, 0.6) is 0 Å². The van der Waals surface area contributed by atoms with Crippen LogP contribution in [0.3, 0.4) is 0 Å². The lowest BCUT2D eigenvalue weighted by atomic mass is 10.2. The first-order chi connectivity index (χ1) is 10.3. The predicted octanol–water partition coefficient (Wildman–Crippen LogP) is 4.61. The molecule has 0 N–H and O–H groups in total. The molecule has 0 bridgehead atoms. The average Bonchev–Trinajstić information content (AvgIpc) is 3.19. The fourth-order valence-electron chi connectivity index (χ4n) is 2.77. The number of hydrogen-bond donors (Lipinski definition) is 0. The molecule has 1 aliphatic heterocycles. The largest absolute Gasteiger partial charge is 0.356 e. The highest BCUT2D eigenvalue weighted by atomic mass is 35.5. The monoisotopic (exact) mass is 315 g/mol. The van der Waals surface area contributed by atoms with Crippen molar-refractivity contribution in [1.29, 1.82) is 0 Å². The van der Waals surface area contributed by atoms with Crippen LogP contribution in [-0.2, 0) is 0 Å². The summed E-state index contributed by atoms with van der Waals surface area (Å²) in [6, 6.07) is 9.96. The van der Waals surface area contributed by atoms with Crippen LogP contribution in [-0.4, -0.2) is 23.1 Å². The Kier molecular flexibility index (Phi) is 3.28. The van der Waals surface area contributed by atoms with E-state index in [0.29, 0.717) is 5.02 Å². The van der Waals surface area contributed by atoms with Crippen LogP contribution in [0.1, 0.15) is 12.8 Å². The fraction of sp³-hybridized carbons (Fsp3) is 0.250. The number of benzene rings is 1. The van der Waals surface area contributed by atoms with Gasteiger partial charge in [-0.3, -0.25) is 0 Å². The lowest BCUT2D eigenvalue weighted by Gasteiger charge is -2.19. The first kappa shape index (κ1) is 13.0. The maximum Gasteiger partial charge on any atom is 0.172 e. The second-order valence-electron chi connectivity index (χ2n) is 5.20. The van der Waals surface area contributed by atoms with Gasteiger partial charge in [-0.1, -0.05) is 17.7 Å². The van der Waals surface area contributed by atoms with Crippen molar-refractivity contribution in [3.8, 4) is 10.7 Å². The van der Waals surface area contributed by atoms with E-state index in [1.54, 1.807) is 11.3 Å². The zero-order valence-corrected chi connectivity index (χ0v) is 13.0. The molecule has 0 radical (unpaired) electrons. The Morgan fingerprint density at radius 2 is 1.95 bits per heavy atom. The molecule has 1 saturated heterocycles. The van der Waals surface area contributed by atoms with Crippen molar-refractivity contribution in [2.24, 2.45) is 0 Å². The van der Waals surface area contributed by atoms with Gasteiger partial charge in [-0.25, -0.2) is 9.97 Å². The highest BCUT2D eigenvalue weighted by Crippen LogP contribution is 2.32. The highest BCUT2D eigenvalue weighted by Gasteiger charge is 2.19. The summed E-state index contributed by atoms with van der Waals surface area (Å²) in [4.78, 5) is 13.0. The molecule has 5 heteroatoms. The molecule has 3 heterocycles. The zero-order chi connectivity index (χ0) is 14.2. The molecule has 3 nitrogen and oxygen atoms in total. The average molecular weight is 316 g/mol. The Labute approximate surface area is 132 Å². The van der Waals surface area contributed by atoms with Crippen molar-refractivity contribution in [2.45, 2.75) is 12.8 Å². The van der Waals surface area contributed by atoms with Crippen molar-refractivity contribution < 1.29 is 0 Å². The summed E-state index contributed by atoms with van der Waals surface area (Å²) in [5.74, 6) is 1.83. The zero-order valence-electron chi connectivity index (χ0n) is 11.4. The molecule has 4 rings (SSSR count). The van der Waals surface area contributed by atoms with Crippen LogP contribution >= 0.6 is 22.9 Å². The van der Waals surface area contributed by atoms with Crippen molar-refractivity contribution >= 4 is 39.7 Å². The van der Waals surface area contributed by atoms with Crippen LogP contribution in [0, 0.1) is 0 Å². The lowest BCUT2D eigenvalue weighted by Crippen LogP contribution is -2.19. The summed E-state index contributed by atoms with van der Waals surface area (Å²) in [6.45, 7) is 2.14. The van der Waals surface area contributed by atoms with Crippen LogP contribution in [0.15, 0.2) is 35.7 Å². The third-order valence-corrected chi connectivity index (χ3v) is 4.89. The van der Waals surface area contributed by atoms with Crippen molar-refractivity contribution in [3.63, 3.8) is 0 Å². The van der Waals surface area contributed by atoms with Gasteiger partial charge in [-0.2, -0.15) is 0 Å². The van der Waals surface area contributed by atoms with Crippen molar-refractivity contribution in [1.82, 2.24) is 9.97 Å². The summed E-state index contributed by atoms with van der Waals surface area (Å²) in [5.41, 5.74) is 0.919. The molecular weight excluding hydrogens is 302 g/mol. The quantitative estimate of drug-likeness (QED) is 0.691. The molecule has 2 aromatic heterocycles. The normalized spacial score (nSPS) is 15.0. The molecule has 3 aromatic rings. The number of nitrogens with zero attached hydrogens (tertiary/aromatic N) is 3. The van der Waals surface area contributed by atoms with Gasteiger partial charge in [0.05, 0.1) is 10.4 Å². The lowest BCUT2D eigenvalue weighted by molar-refractivity contribution is 0.942. The van der Waals surface area contributed by atoms with Crippen LogP contribution in [0.2, 0.25) is 5.02 Å². The molecule has 0 spiro atoms. The molecular formula is C16H14ClN3S. The highest BCUT2D eigenvalue weighted by molar-refractivity contribution is 7.13. The van der Waals surface area contributed by atoms with Gasteiger partial charge >= 0.3 is 0 Å². The smallest absolute Gasteiger partial charge is 0.172 e. The Morgan fingerprint density at radius 3 is 2.71 bits per heavy atom. The summed E-state index contributed by atoms with van der Waals surface area (Å²) < 4.78 is 0. The first-order valence-corrected chi connectivity index (χ1v) is 8.33. The van der Waals surface area contributed by atoms with Gasteiger partial charge in [-0.05, 0) is 42.5 Å². The van der Waals surface area contributed by atoms with E-state index in [-0.39, 0.29) is 0 Å². The van der Waals surface area contributed by atoms with E-state index in [0.717, 1.165) is 40.5 Å². The van der Waals surface area contributed by atoms with Crippen LogP contribution < -0.4 is 4.90 Å². The molecule has 21 heavy (non-hydrogen) atoms.